The number of amides is 2. The Morgan fingerprint density at radius 3 is 2.45 bits per heavy atom. The van der Waals surface area contributed by atoms with Crippen molar-refractivity contribution in [2.45, 2.75) is 20.3 Å². The van der Waals surface area contributed by atoms with Gasteiger partial charge < -0.3 is 24.4 Å². The number of aromatic nitrogens is 1. The molecule has 0 aliphatic heterocycles. The van der Waals surface area contributed by atoms with Crippen molar-refractivity contribution in [1.82, 2.24) is 9.88 Å². The minimum atomic E-state index is -0.301. The van der Waals surface area contributed by atoms with E-state index in [2.05, 4.69) is 10.3 Å². The van der Waals surface area contributed by atoms with Crippen molar-refractivity contribution < 1.29 is 23.8 Å². The minimum Gasteiger partial charge on any atom is -0.493 e. The van der Waals surface area contributed by atoms with Gasteiger partial charge in [-0.15, -0.1) is 11.3 Å². The highest BCUT2D eigenvalue weighted by atomic mass is 32.1. The van der Waals surface area contributed by atoms with Gasteiger partial charge in [0.15, 0.2) is 16.6 Å². The molecule has 1 aromatic heterocycles. The van der Waals surface area contributed by atoms with Gasteiger partial charge in [-0.25, -0.2) is 4.98 Å². The summed E-state index contributed by atoms with van der Waals surface area (Å²) in [5, 5.41) is 3.30. The molecule has 1 aromatic carbocycles. The van der Waals surface area contributed by atoms with Gasteiger partial charge in [-0.05, 0) is 38.5 Å². The quantitative estimate of drug-likeness (QED) is 0.594. The molecule has 29 heavy (non-hydrogen) atoms. The number of nitrogens with zero attached hydrogens (tertiary/aromatic N) is 2. The molecule has 0 fully saturated rings. The highest BCUT2D eigenvalue weighted by Crippen LogP contribution is 2.28. The molecule has 0 saturated carbocycles. The third-order valence-electron chi connectivity index (χ3n) is 4.30. The Kier molecular flexibility index (Phi) is 8.41. The summed E-state index contributed by atoms with van der Waals surface area (Å²) >= 11 is 1.41. The molecule has 0 atom stereocenters. The molecular formula is C20H27N3O5S. The third kappa shape index (κ3) is 6.16. The van der Waals surface area contributed by atoms with Crippen LogP contribution in [0.15, 0.2) is 18.2 Å². The van der Waals surface area contributed by atoms with Gasteiger partial charge in [0, 0.05) is 30.7 Å². The molecule has 0 aliphatic rings. The largest absolute Gasteiger partial charge is 0.493 e. The fourth-order valence-corrected chi connectivity index (χ4v) is 3.49. The number of carbonyl (C=O) groups is 2. The van der Waals surface area contributed by atoms with Crippen molar-refractivity contribution in [3.05, 3.63) is 34.3 Å². The van der Waals surface area contributed by atoms with Crippen LogP contribution in [0.2, 0.25) is 0 Å². The van der Waals surface area contributed by atoms with E-state index in [1.807, 2.05) is 13.8 Å². The van der Waals surface area contributed by atoms with E-state index < -0.39 is 0 Å². The second kappa shape index (κ2) is 10.8. The van der Waals surface area contributed by atoms with E-state index >= 15 is 0 Å². The van der Waals surface area contributed by atoms with Crippen LogP contribution in [-0.2, 0) is 9.53 Å². The molecule has 2 rings (SSSR count). The lowest BCUT2D eigenvalue weighted by atomic mass is 10.1. The lowest BCUT2D eigenvalue weighted by Gasteiger charge is -2.22. The Hall–Kier alpha value is -2.65. The van der Waals surface area contributed by atoms with Crippen molar-refractivity contribution in [3.8, 4) is 11.5 Å². The molecule has 0 bridgehead atoms. The molecule has 0 spiro atoms. The summed E-state index contributed by atoms with van der Waals surface area (Å²) in [6.07, 6.45) is 0.609. The highest BCUT2D eigenvalue weighted by molar-refractivity contribution is 7.15. The Morgan fingerprint density at radius 1 is 1.14 bits per heavy atom. The molecule has 0 aliphatic carbocycles. The summed E-state index contributed by atoms with van der Waals surface area (Å²) in [7, 11) is 4.64. The number of methoxy groups -OCH3 is 3. The summed E-state index contributed by atoms with van der Waals surface area (Å²) < 4.78 is 15.6. The van der Waals surface area contributed by atoms with Gasteiger partial charge in [-0.1, -0.05) is 0 Å². The van der Waals surface area contributed by atoms with Gasteiger partial charge >= 0.3 is 0 Å². The van der Waals surface area contributed by atoms with Gasteiger partial charge in [0.05, 0.1) is 19.9 Å². The van der Waals surface area contributed by atoms with E-state index in [-0.39, 0.29) is 18.4 Å². The fourth-order valence-electron chi connectivity index (χ4n) is 2.66. The van der Waals surface area contributed by atoms with E-state index in [1.165, 1.54) is 30.5 Å². The normalized spacial score (nSPS) is 10.5. The molecular weight excluding hydrogens is 394 g/mol. The van der Waals surface area contributed by atoms with Crippen LogP contribution < -0.4 is 14.8 Å². The predicted octanol–water partition coefficient (Wildman–Crippen LogP) is 2.89. The SMILES string of the molecule is COCCCN(CC(=O)Nc1nc(C)c(C)s1)C(=O)c1ccc(OC)c(OC)c1. The average Bonchev–Trinajstić information content (AvgIpc) is 3.02. The highest BCUT2D eigenvalue weighted by Gasteiger charge is 2.21. The smallest absolute Gasteiger partial charge is 0.254 e. The summed E-state index contributed by atoms with van der Waals surface area (Å²) in [6.45, 7) is 4.61. The van der Waals surface area contributed by atoms with Crippen molar-refractivity contribution in [1.29, 1.82) is 0 Å². The first-order valence-corrected chi connectivity index (χ1v) is 9.95. The fraction of sp³-hybridized carbons (Fsp3) is 0.450. The molecule has 2 amide bonds. The number of carbonyl (C=O) groups excluding carboxylic acids is 2. The maximum absolute atomic E-state index is 13.0. The van der Waals surface area contributed by atoms with Gasteiger partial charge in [0.2, 0.25) is 5.91 Å². The van der Waals surface area contributed by atoms with Crippen LogP contribution in [-0.4, -0.2) is 62.7 Å². The minimum absolute atomic E-state index is 0.0887. The van der Waals surface area contributed by atoms with Gasteiger partial charge in [0.1, 0.15) is 6.54 Å². The van der Waals surface area contributed by atoms with E-state index in [1.54, 1.807) is 25.3 Å². The number of rotatable bonds is 10. The molecule has 9 heteroatoms. The second-order valence-corrected chi connectivity index (χ2v) is 7.55. The Labute approximate surface area is 174 Å². The molecule has 0 unspecified atom stereocenters. The topological polar surface area (TPSA) is 90.0 Å². The van der Waals surface area contributed by atoms with Crippen LogP contribution in [0.3, 0.4) is 0 Å². The number of aryl methyl sites for hydroxylation is 2. The maximum Gasteiger partial charge on any atom is 0.254 e. The molecule has 0 radical (unpaired) electrons. The van der Waals surface area contributed by atoms with Gasteiger partial charge in [-0.3, -0.25) is 9.59 Å². The van der Waals surface area contributed by atoms with Crippen LogP contribution in [0.5, 0.6) is 11.5 Å². The molecule has 158 valence electrons. The summed E-state index contributed by atoms with van der Waals surface area (Å²) in [5.74, 6) is 0.407. The summed E-state index contributed by atoms with van der Waals surface area (Å²) in [6, 6.07) is 4.93. The molecule has 2 aromatic rings. The van der Waals surface area contributed by atoms with Crippen molar-refractivity contribution in [3.63, 3.8) is 0 Å². The maximum atomic E-state index is 13.0. The monoisotopic (exact) mass is 421 g/mol. The molecule has 0 saturated heterocycles. The zero-order chi connectivity index (χ0) is 21.4. The molecule has 1 N–H and O–H groups in total. The van der Waals surface area contributed by atoms with Crippen LogP contribution in [0.25, 0.3) is 0 Å². The van der Waals surface area contributed by atoms with Crippen LogP contribution in [0.4, 0.5) is 5.13 Å². The van der Waals surface area contributed by atoms with Crippen LogP contribution in [0.1, 0.15) is 27.3 Å². The zero-order valence-electron chi connectivity index (χ0n) is 17.4. The second-order valence-electron chi connectivity index (χ2n) is 6.35. The Balaban J connectivity index is 2.15. The number of ether oxygens (including phenoxy) is 3. The molecule has 8 nitrogen and oxygen atoms in total. The number of benzene rings is 1. The van der Waals surface area contributed by atoms with E-state index in [0.717, 1.165) is 10.6 Å². The first-order valence-electron chi connectivity index (χ1n) is 9.13. The summed E-state index contributed by atoms with van der Waals surface area (Å²) in [4.78, 5) is 32.4. The lowest BCUT2D eigenvalue weighted by Crippen LogP contribution is -2.39. The van der Waals surface area contributed by atoms with E-state index in [4.69, 9.17) is 14.2 Å². The number of thiazole rings is 1. The van der Waals surface area contributed by atoms with E-state index in [0.29, 0.717) is 41.8 Å². The van der Waals surface area contributed by atoms with Crippen LogP contribution >= 0.6 is 11.3 Å². The number of hydrogen-bond acceptors (Lipinski definition) is 7. The first-order chi connectivity index (χ1) is 13.9. The van der Waals surface area contributed by atoms with Crippen molar-refractivity contribution in [2.24, 2.45) is 0 Å². The van der Waals surface area contributed by atoms with Crippen LogP contribution in [0, 0.1) is 13.8 Å². The van der Waals surface area contributed by atoms with Crippen molar-refractivity contribution in [2.75, 3.05) is 46.3 Å². The number of anilines is 1. The third-order valence-corrected chi connectivity index (χ3v) is 5.29. The number of hydrogen-bond donors (Lipinski definition) is 1. The van der Waals surface area contributed by atoms with E-state index in [9.17, 15) is 9.59 Å². The Morgan fingerprint density at radius 2 is 1.86 bits per heavy atom. The average molecular weight is 422 g/mol. The van der Waals surface area contributed by atoms with Crippen molar-refractivity contribution >= 4 is 28.3 Å². The zero-order valence-corrected chi connectivity index (χ0v) is 18.2. The first kappa shape index (κ1) is 22.6. The van der Waals surface area contributed by atoms with Gasteiger partial charge in [0.25, 0.3) is 5.91 Å². The lowest BCUT2D eigenvalue weighted by molar-refractivity contribution is -0.116. The predicted molar refractivity (Wildman–Crippen MR) is 112 cm³/mol. The van der Waals surface area contributed by atoms with Gasteiger partial charge in [-0.2, -0.15) is 0 Å². The standard InChI is InChI=1S/C20H27N3O5S/c1-13-14(2)29-20(21-13)22-18(24)12-23(9-6-10-26-3)19(25)15-7-8-16(27-4)17(11-15)28-5/h7-8,11H,6,9-10,12H2,1-5H3,(H,21,22,24). The molecule has 1 heterocycles. The number of nitrogens with one attached hydrogen (secondary N) is 1. The summed E-state index contributed by atoms with van der Waals surface area (Å²) in [5.41, 5.74) is 1.29. The Bertz CT molecular complexity index is 833.